The molecule has 3 nitrogen and oxygen atoms in total. The van der Waals surface area contributed by atoms with E-state index < -0.39 is 0 Å². The highest BCUT2D eigenvalue weighted by Gasteiger charge is 2.20. The number of nitrogens with one attached hydrogen (secondary N) is 1. The average molecular weight is 310 g/mol. The first kappa shape index (κ1) is 15.4. The largest absolute Gasteiger partial charge is 0.305 e. The molecule has 0 spiro atoms. The molecule has 1 atom stereocenters. The molecule has 0 bridgehead atoms. The fraction of sp³-hybridized carbons (Fsp3) is 0.400. The molecule has 108 valence electrons. The Bertz CT molecular complexity index is 551. The molecule has 0 radical (unpaired) electrons. The van der Waals surface area contributed by atoms with Gasteiger partial charge in [0.25, 0.3) is 0 Å². The van der Waals surface area contributed by atoms with Crippen molar-refractivity contribution in [3.05, 3.63) is 46.7 Å². The van der Waals surface area contributed by atoms with Gasteiger partial charge >= 0.3 is 0 Å². The number of hydrogen-bond donors (Lipinski definition) is 1. The minimum atomic E-state index is 0.0749. The zero-order valence-electron chi connectivity index (χ0n) is 12.1. The van der Waals surface area contributed by atoms with Crippen LogP contribution in [0, 0.1) is 0 Å². The molecule has 0 saturated carbocycles. The van der Waals surface area contributed by atoms with Crippen LogP contribution in [-0.4, -0.2) is 22.6 Å². The maximum atomic E-state index is 6.34. The third-order valence-corrected chi connectivity index (χ3v) is 4.30. The number of benzene rings is 1. The van der Waals surface area contributed by atoms with Gasteiger partial charge in [0.1, 0.15) is 0 Å². The van der Waals surface area contributed by atoms with Crippen molar-refractivity contribution in [1.82, 2.24) is 15.1 Å². The van der Waals surface area contributed by atoms with E-state index in [9.17, 15) is 0 Å². The first-order chi connectivity index (χ1) is 9.71. The van der Waals surface area contributed by atoms with Gasteiger partial charge in [-0.3, -0.25) is 4.68 Å². The highest BCUT2D eigenvalue weighted by atomic mass is 35.5. The van der Waals surface area contributed by atoms with Crippen molar-refractivity contribution in [3.63, 3.8) is 0 Å². The molecule has 1 unspecified atom stereocenters. The van der Waals surface area contributed by atoms with E-state index in [-0.39, 0.29) is 6.04 Å². The third kappa shape index (κ3) is 3.19. The van der Waals surface area contributed by atoms with E-state index in [1.165, 1.54) is 10.5 Å². The maximum Gasteiger partial charge on any atom is 0.0837 e. The Labute approximate surface area is 129 Å². The van der Waals surface area contributed by atoms with E-state index in [0.29, 0.717) is 5.02 Å². The second kappa shape index (κ2) is 7.16. The molecule has 0 fully saturated rings. The number of nitrogens with zero attached hydrogens (tertiary/aromatic N) is 2. The lowest BCUT2D eigenvalue weighted by Crippen LogP contribution is -2.25. The van der Waals surface area contributed by atoms with Crippen LogP contribution in [0.5, 0.6) is 0 Å². The van der Waals surface area contributed by atoms with Gasteiger partial charge in [-0.15, -0.1) is 11.8 Å². The van der Waals surface area contributed by atoms with Gasteiger partial charge in [-0.05, 0) is 37.4 Å². The lowest BCUT2D eigenvalue weighted by Gasteiger charge is -2.20. The summed E-state index contributed by atoms with van der Waals surface area (Å²) in [7, 11) is 0. The first-order valence-corrected chi connectivity index (χ1v) is 8.40. The van der Waals surface area contributed by atoms with Gasteiger partial charge in [0.2, 0.25) is 0 Å². The summed E-state index contributed by atoms with van der Waals surface area (Å²) in [6.07, 6.45) is 3.81. The molecule has 1 N–H and O–H groups in total. The molecule has 20 heavy (non-hydrogen) atoms. The molecule has 1 heterocycles. The Morgan fingerprint density at radius 3 is 2.55 bits per heavy atom. The predicted octanol–water partition coefficient (Wildman–Crippen LogP) is 3.98. The third-order valence-electron chi connectivity index (χ3n) is 3.26. The van der Waals surface area contributed by atoms with Crippen LogP contribution in [0.15, 0.2) is 35.4 Å². The first-order valence-electron chi connectivity index (χ1n) is 6.79. The van der Waals surface area contributed by atoms with Gasteiger partial charge < -0.3 is 5.32 Å². The van der Waals surface area contributed by atoms with Gasteiger partial charge in [0, 0.05) is 11.4 Å². The Hall–Kier alpha value is -0.970. The van der Waals surface area contributed by atoms with E-state index in [1.807, 2.05) is 4.68 Å². The fourth-order valence-corrected chi connectivity index (χ4v) is 2.94. The van der Waals surface area contributed by atoms with Crippen LogP contribution in [0.4, 0.5) is 0 Å². The van der Waals surface area contributed by atoms with Crippen LogP contribution in [0.1, 0.15) is 31.1 Å². The number of thioether (sulfide) groups is 1. The minimum Gasteiger partial charge on any atom is -0.305 e. The number of aryl methyl sites for hydroxylation is 1. The minimum absolute atomic E-state index is 0.0749. The molecule has 0 amide bonds. The van der Waals surface area contributed by atoms with Crippen molar-refractivity contribution in [2.75, 3.05) is 12.8 Å². The lowest BCUT2D eigenvalue weighted by molar-refractivity contribution is 0.542. The molecule has 2 rings (SSSR count). The molecule has 1 aromatic carbocycles. The van der Waals surface area contributed by atoms with Crippen LogP contribution >= 0.6 is 23.4 Å². The Morgan fingerprint density at radius 2 is 2.00 bits per heavy atom. The zero-order chi connectivity index (χ0) is 14.5. The molecule has 0 saturated heterocycles. The van der Waals surface area contributed by atoms with E-state index in [0.717, 1.165) is 18.8 Å². The smallest absolute Gasteiger partial charge is 0.0837 e. The summed E-state index contributed by atoms with van der Waals surface area (Å²) < 4.78 is 1.96. The van der Waals surface area contributed by atoms with Crippen LogP contribution in [0.25, 0.3) is 0 Å². The molecular weight excluding hydrogens is 290 g/mol. The van der Waals surface area contributed by atoms with Crippen molar-refractivity contribution >= 4 is 23.4 Å². The summed E-state index contributed by atoms with van der Waals surface area (Å²) in [6, 6.07) is 8.67. The molecule has 0 aliphatic rings. The topological polar surface area (TPSA) is 29.9 Å². The monoisotopic (exact) mass is 309 g/mol. The van der Waals surface area contributed by atoms with Gasteiger partial charge in [-0.1, -0.05) is 30.7 Å². The van der Waals surface area contributed by atoms with Gasteiger partial charge in [-0.2, -0.15) is 5.10 Å². The van der Waals surface area contributed by atoms with Crippen molar-refractivity contribution in [1.29, 1.82) is 0 Å². The summed E-state index contributed by atoms with van der Waals surface area (Å²) in [4.78, 5) is 1.26. The van der Waals surface area contributed by atoms with E-state index in [2.05, 4.69) is 54.8 Å². The zero-order valence-corrected chi connectivity index (χ0v) is 13.6. The van der Waals surface area contributed by atoms with Crippen LogP contribution in [0.3, 0.4) is 0 Å². The Kier molecular flexibility index (Phi) is 5.52. The highest BCUT2D eigenvalue weighted by Crippen LogP contribution is 2.29. The molecule has 2 aromatic rings. The molecule has 0 aliphatic carbocycles. The molecule has 5 heteroatoms. The van der Waals surface area contributed by atoms with Crippen LogP contribution in [0.2, 0.25) is 5.02 Å². The number of rotatable bonds is 6. The van der Waals surface area contributed by atoms with E-state index in [4.69, 9.17) is 11.6 Å². The number of aromatic nitrogens is 2. The standard InChI is InChI=1S/C15H20ClN3S/c1-4-17-14(11-6-8-12(20-3)9-7-11)15-13(16)10-18-19(15)5-2/h6-10,14,17H,4-5H2,1-3H3. The summed E-state index contributed by atoms with van der Waals surface area (Å²) in [5.41, 5.74) is 2.25. The molecular formula is C15H20ClN3S. The number of halogens is 1. The van der Waals surface area contributed by atoms with E-state index in [1.54, 1.807) is 18.0 Å². The van der Waals surface area contributed by atoms with Crippen molar-refractivity contribution in [3.8, 4) is 0 Å². The van der Waals surface area contributed by atoms with Gasteiger partial charge in [-0.25, -0.2) is 0 Å². The fourth-order valence-electron chi connectivity index (χ4n) is 2.28. The van der Waals surface area contributed by atoms with Crippen LogP contribution < -0.4 is 5.32 Å². The molecule has 1 aromatic heterocycles. The quantitative estimate of drug-likeness (QED) is 0.819. The second-order valence-corrected chi connectivity index (χ2v) is 5.74. The molecule has 0 aliphatic heterocycles. The second-order valence-electron chi connectivity index (χ2n) is 4.46. The Balaban J connectivity index is 2.41. The van der Waals surface area contributed by atoms with E-state index >= 15 is 0 Å². The Morgan fingerprint density at radius 1 is 1.30 bits per heavy atom. The SMILES string of the molecule is CCNC(c1ccc(SC)cc1)c1c(Cl)cnn1CC. The van der Waals surface area contributed by atoms with Crippen molar-refractivity contribution in [2.45, 2.75) is 31.3 Å². The lowest BCUT2D eigenvalue weighted by atomic mass is 10.0. The van der Waals surface area contributed by atoms with Crippen LogP contribution in [-0.2, 0) is 6.54 Å². The summed E-state index contributed by atoms with van der Waals surface area (Å²) in [6.45, 7) is 5.86. The summed E-state index contributed by atoms with van der Waals surface area (Å²) >= 11 is 8.08. The van der Waals surface area contributed by atoms with Crippen molar-refractivity contribution < 1.29 is 0 Å². The summed E-state index contributed by atoms with van der Waals surface area (Å²) in [5, 5.41) is 8.55. The maximum absolute atomic E-state index is 6.34. The summed E-state index contributed by atoms with van der Waals surface area (Å²) in [5.74, 6) is 0. The van der Waals surface area contributed by atoms with Crippen molar-refractivity contribution in [2.24, 2.45) is 0 Å². The van der Waals surface area contributed by atoms with Gasteiger partial charge in [0.15, 0.2) is 0 Å². The predicted molar refractivity (Wildman–Crippen MR) is 86.7 cm³/mol. The van der Waals surface area contributed by atoms with Gasteiger partial charge in [0.05, 0.1) is 23.0 Å². The number of hydrogen-bond acceptors (Lipinski definition) is 3. The average Bonchev–Trinajstić information content (AvgIpc) is 2.86. The highest BCUT2D eigenvalue weighted by molar-refractivity contribution is 7.98. The normalized spacial score (nSPS) is 12.6.